The summed E-state index contributed by atoms with van der Waals surface area (Å²) in [5.74, 6) is 0.563. The summed E-state index contributed by atoms with van der Waals surface area (Å²) < 4.78 is 5.41. The Morgan fingerprint density at radius 2 is 2.00 bits per heavy atom. The zero-order valence-electron chi connectivity index (χ0n) is 12.5. The van der Waals surface area contributed by atoms with Gasteiger partial charge in [-0.05, 0) is 32.7 Å². The molecule has 0 aromatic carbocycles. The maximum atomic E-state index is 12.7. The molecule has 3 saturated heterocycles. The first-order chi connectivity index (χ1) is 9.75. The third kappa shape index (κ3) is 3.00. The van der Waals surface area contributed by atoms with Crippen molar-refractivity contribution >= 4 is 5.91 Å². The van der Waals surface area contributed by atoms with Gasteiger partial charge in [-0.25, -0.2) is 0 Å². The topological polar surface area (TPSA) is 44.8 Å². The van der Waals surface area contributed by atoms with Crippen molar-refractivity contribution in [2.24, 2.45) is 5.92 Å². The molecular weight excluding hydrogens is 254 g/mol. The van der Waals surface area contributed by atoms with Gasteiger partial charge in [-0.3, -0.25) is 9.69 Å². The Morgan fingerprint density at radius 1 is 1.20 bits per heavy atom. The van der Waals surface area contributed by atoms with Gasteiger partial charge in [-0.2, -0.15) is 0 Å². The Hall–Kier alpha value is -0.650. The van der Waals surface area contributed by atoms with Crippen LogP contribution in [0.25, 0.3) is 0 Å². The Morgan fingerprint density at radius 3 is 2.75 bits per heavy atom. The molecule has 20 heavy (non-hydrogen) atoms. The number of carbonyl (C=O) groups excluding carboxylic acids is 1. The van der Waals surface area contributed by atoms with E-state index < -0.39 is 0 Å². The number of ether oxygens (including phenoxy) is 1. The van der Waals surface area contributed by atoms with Crippen molar-refractivity contribution in [2.45, 2.75) is 38.3 Å². The second-order valence-electron chi connectivity index (χ2n) is 6.37. The van der Waals surface area contributed by atoms with Gasteiger partial charge in [-0.1, -0.05) is 0 Å². The molecule has 0 radical (unpaired) electrons. The van der Waals surface area contributed by atoms with Crippen LogP contribution in [0, 0.1) is 5.92 Å². The summed E-state index contributed by atoms with van der Waals surface area (Å²) in [5, 5.41) is 3.44. The smallest absolute Gasteiger partial charge is 0.227 e. The molecule has 3 heterocycles. The predicted molar refractivity (Wildman–Crippen MR) is 77.6 cm³/mol. The number of rotatable bonds is 2. The molecule has 0 aromatic rings. The Labute approximate surface area is 121 Å². The molecule has 1 N–H and O–H groups in total. The van der Waals surface area contributed by atoms with Crippen LogP contribution in [0.1, 0.15) is 26.2 Å². The molecule has 0 saturated carbocycles. The molecule has 5 nitrogen and oxygen atoms in total. The molecule has 3 atom stereocenters. The Kier molecular flexibility index (Phi) is 4.58. The van der Waals surface area contributed by atoms with Gasteiger partial charge in [0, 0.05) is 38.3 Å². The molecule has 1 amide bonds. The van der Waals surface area contributed by atoms with Crippen molar-refractivity contribution in [3.63, 3.8) is 0 Å². The number of nitrogens with zero attached hydrogens (tertiary/aromatic N) is 2. The minimum Gasteiger partial charge on any atom is -0.379 e. The van der Waals surface area contributed by atoms with Crippen LogP contribution in [0.4, 0.5) is 0 Å². The lowest BCUT2D eigenvalue weighted by molar-refractivity contribution is -0.136. The zero-order valence-corrected chi connectivity index (χ0v) is 12.5. The van der Waals surface area contributed by atoms with Crippen LogP contribution >= 0.6 is 0 Å². The summed E-state index contributed by atoms with van der Waals surface area (Å²) in [4.78, 5) is 17.3. The molecule has 3 aliphatic heterocycles. The van der Waals surface area contributed by atoms with Crippen molar-refractivity contribution in [2.75, 3.05) is 45.9 Å². The fourth-order valence-corrected chi connectivity index (χ4v) is 3.80. The van der Waals surface area contributed by atoms with Gasteiger partial charge < -0.3 is 15.0 Å². The number of nitrogens with one attached hydrogen (secondary N) is 1. The van der Waals surface area contributed by atoms with Crippen LogP contribution in [0.5, 0.6) is 0 Å². The highest BCUT2D eigenvalue weighted by atomic mass is 16.5. The van der Waals surface area contributed by atoms with Crippen molar-refractivity contribution in [3.05, 3.63) is 0 Å². The van der Waals surface area contributed by atoms with E-state index in [-0.39, 0.29) is 5.92 Å². The number of carbonyl (C=O) groups is 1. The Bertz CT molecular complexity index is 344. The molecule has 0 bridgehead atoms. The SMILES string of the molecule is CC1NCCCC1C(=O)N1CCC(N2CCOCC2)C1. The minimum absolute atomic E-state index is 0.187. The number of hydrogen-bond donors (Lipinski definition) is 1. The Balaban J connectivity index is 1.54. The molecule has 3 rings (SSSR count). The van der Waals surface area contributed by atoms with Gasteiger partial charge in [0.25, 0.3) is 0 Å². The quantitative estimate of drug-likeness (QED) is 0.791. The van der Waals surface area contributed by atoms with E-state index in [1.165, 1.54) is 0 Å². The van der Waals surface area contributed by atoms with E-state index in [1.807, 2.05) is 0 Å². The highest BCUT2D eigenvalue weighted by Crippen LogP contribution is 2.23. The summed E-state index contributed by atoms with van der Waals surface area (Å²) in [6.45, 7) is 8.79. The largest absolute Gasteiger partial charge is 0.379 e. The lowest BCUT2D eigenvalue weighted by Gasteiger charge is -2.34. The average molecular weight is 281 g/mol. The van der Waals surface area contributed by atoms with Crippen molar-refractivity contribution < 1.29 is 9.53 Å². The van der Waals surface area contributed by atoms with Crippen LogP contribution in [0.2, 0.25) is 0 Å². The number of morpholine rings is 1. The van der Waals surface area contributed by atoms with Gasteiger partial charge >= 0.3 is 0 Å². The van der Waals surface area contributed by atoms with E-state index in [4.69, 9.17) is 4.74 Å². The monoisotopic (exact) mass is 281 g/mol. The molecule has 0 aromatic heterocycles. The maximum absolute atomic E-state index is 12.7. The van der Waals surface area contributed by atoms with Crippen LogP contribution < -0.4 is 5.32 Å². The molecule has 0 aliphatic carbocycles. The highest BCUT2D eigenvalue weighted by Gasteiger charge is 2.36. The first-order valence-electron chi connectivity index (χ1n) is 8.09. The molecule has 114 valence electrons. The highest BCUT2D eigenvalue weighted by molar-refractivity contribution is 5.80. The zero-order chi connectivity index (χ0) is 13.9. The van der Waals surface area contributed by atoms with Gasteiger partial charge in [0.15, 0.2) is 0 Å². The second-order valence-corrected chi connectivity index (χ2v) is 6.37. The third-order valence-corrected chi connectivity index (χ3v) is 5.12. The number of hydrogen-bond acceptors (Lipinski definition) is 4. The predicted octanol–water partition coefficient (Wildman–Crippen LogP) is 0.308. The van der Waals surface area contributed by atoms with Crippen LogP contribution in [0.15, 0.2) is 0 Å². The van der Waals surface area contributed by atoms with E-state index in [2.05, 4.69) is 22.0 Å². The summed E-state index contributed by atoms with van der Waals surface area (Å²) >= 11 is 0. The third-order valence-electron chi connectivity index (χ3n) is 5.12. The lowest BCUT2D eigenvalue weighted by Crippen LogP contribution is -2.49. The average Bonchev–Trinajstić information content (AvgIpc) is 2.98. The van der Waals surface area contributed by atoms with Crippen molar-refractivity contribution in [1.82, 2.24) is 15.1 Å². The van der Waals surface area contributed by atoms with Crippen LogP contribution in [-0.4, -0.2) is 73.7 Å². The van der Waals surface area contributed by atoms with E-state index in [9.17, 15) is 4.79 Å². The van der Waals surface area contributed by atoms with Crippen molar-refractivity contribution in [3.8, 4) is 0 Å². The first kappa shape index (κ1) is 14.3. The van der Waals surface area contributed by atoms with Gasteiger partial charge in [0.05, 0.1) is 19.1 Å². The van der Waals surface area contributed by atoms with E-state index in [1.54, 1.807) is 0 Å². The van der Waals surface area contributed by atoms with E-state index in [0.29, 0.717) is 18.0 Å². The molecule has 5 heteroatoms. The van der Waals surface area contributed by atoms with E-state index in [0.717, 1.165) is 65.2 Å². The van der Waals surface area contributed by atoms with Crippen molar-refractivity contribution in [1.29, 1.82) is 0 Å². The number of amides is 1. The van der Waals surface area contributed by atoms with Gasteiger partial charge in [0.2, 0.25) is 5.91 Å². The van der Waals surface area contributed by atoms with Crippen LogP contribution in [0.3, 0.4) is 0 Å². The summed E-state index contributed by atoms with van der Waals surface area (Å²) in [5.41, 5.74) is 0. The van der Waals surface area contributed by atoms with Gasteiger partial charge in [0.1, 0.15) is 0 Å². The minimum atomic E-state index is 0.187. The normalized spacial score (nSPS) is 36.2. The fourth-order valence-electron chi connectivity index (χ4n) is 3.80. The number of piperidine rings is 1. The summed E-state index contributed by atoms with van der Waals surface area (Å²) in [7, 11) is 0. The lowest BCUT2D eigenvalue weighted by atomic mass is 9.91. The van der Waals surface area contributed by atoms with Crippen LogP contribution in [-0.2, 0) is 9.53 Å². The standard InChI is InChI=1S/C15H27N3O2/c1-12-14(3-2-5-16-12)15(19)18-6-4-13(11-18)17-7-9-20-10-8-17/h12-14,16H,2-11H2,1H3. The summed E-state index contributed by atoms with van der Waals surface area (Å²) in [6.07, 6.45) is 3.30. The molecule has 3 fully saturated rings. The second kappa shape index (κ2) is 6.41. The fraction of sp³-hybridized carbons (Fsp3) is 0.933. The first-order valence-corrected chi connectivity index (χ1v) is 8.09. The summed E-state index contributed by atoms with van der Waals surface area (Å²) in [6, 6.07) is 0.883. The molecule has 3 aliphatic rings. The molecule has 3 unspecified atom stereocenters. The van der Waals surface area contributed by atoms with Gasteiger partial charge in [-0.15, -0.1) is 0 Å². The van der Waals surface area contributed by atoms with E-state index >= 15 is 0 Å². The molecule has 0 spiro atoms. The number of likely N-dealkylation sites (tertiary alicyclic amines) is 1. The molecular formula is C15H27N3O2. The maximum Gasteiger partial charge on any atom is 0.227 e.